The zero-order chi connectivity index (χ0) is 12.8. The van der Waals surface area contributed by atoms with Crippen molar-refractivity contribution in [2.45, 2.75) is 6.92 Å². The van der Waals surface area contributed by atoms with Crippen LogP contribution in [-0.4, -0.2) is 25.2 Å². The molecular weight excluding hydrogens is 288 g/mol. The molecule has 0 atom stereocenters. The molecule has 0 radical (unpaired) electrons. The zero-order valence-corrected chi connectivity index (χ0v) is 10.9. The molecule has 5 nitrogen and oxygen atoms in total. The second kappa shape index (κ2) is 6.24. The van der Waals surface area contributed by atoms with Gasteiger partial charge in [-0.1, -0.05) is 15.9 Å². The Balaban J connectivity index is 2.49. The average Bonchev–Trinajstić information content (AvgIpc) is 2.22. The SMILES string of the molecule is Cc1cc(Br)cc(C(=O)NCCOC(N)=O)c1. The molecule has 6 heteroatoms. The molecule has 92 valence electrons. The first kappa shape index (κ1) is 13.5. The maximum absolute atomic E-state index is 11.7. The Hall–Kier alpha value is -1.56. The minimum Gasteiger partial charge on any atom is -0.448 e. The summed E-state index contributed by atoms with van der Waals surface area (Å²) < 4.78 is 5.33. The first-order valence-electron chi connectivity index (χ1n) is 4.96. The molecule has 0 saturated heterocycles. The van der Waals surface area contributed by atoms with Crippen LogP contribution in [-0.2, 0) is 4.74 Å². The molecule has 2 amide bonds. The van der Waals surface area contributed by atoms with E-state index >= 15 is 0 Å². The molecule has 1 rings (SSSR count). The number of benzene rings is 1. The third-order valence-electron chi connectivity index (χ3n) is 1.94. The molecule has 1 aromatic rings. The Labute approximate surface area is 107 Å². The monoisotopic (exact) mass is 300 g/mol. The number of rotatable bonds is 4. The predicted molar refractivity (Wildman–Crippen MR) is 66.7 cm³/mol. The van der Waals surface area contributed by atoms with Gasteiger partial charge in [0, 0.05) is 10.0 Å². The number of primary amides is 1. The third kappa shape index (κ3) is 4.86. The Morgan fingerprint density at radius 1 is 1.41 bits per heavy atom. The minimum atomic E-state index is -0.849. The normalized spacial score (nSPS) is 9.76. The second-order valence-corrected chi connectivity index (χ2v) is 4.36. The number of nitrogens with one attached hydrogen (secondary N) is 1. The summed E-state index contributed by atoms with van der Waals surface area (Å²) in [5.41, 5.74) is 6.32. The van der Waals surface area contributed by atoms with Crippen LogP contribution in [0.1, 0.15) is 15.9 Å². The van der Waals surface area contributed by atoms with Crippen molar-refractivity contribution in [1.29, 1.82) is 0 Å². The maximum Gasteiger partial charge on any atom is 0.404 e. The molecule has 0 aliphatic rings. The summed E-state index contributed by atoms with van der Waals surface area (Å²) in [5, 5.41) is 2.62. The fraction of sp³-hybridized carbons (Fsp3) is 0.273. The Bertz CT molecular complexity index is 414. The second-order valence-electron chi connectivity index (χ2n) is 3.44. The van der Waals surface area contributed by atoms with Gasteiger partial charge >= 0.3 is 6.09 Å². The molecule has 0 spiro atoms. The van der Waals surface area contributed by atoms with Gasteiger partial charge in [0.15, 0.2) is 0 Å². The van der Waals surface area contributed by atoms with Gasteiger partial charge in [-0.3, -0.25) is 4.79 Å². The summed E-state index contributed by atoms with van der Waals surface area (Å²) in [6, 6.07) is 5.40. The molecule has 0 aliphatic heterocycles. The fourth-order valence-electron chi connectivity index (χ4n) is 1.29. The highest BCUT2D eigenvalue weighted by Crippen LogP contribution is 2.15. The summed E-state index contributed by atoms with van der Waals surface area (Å²) in [6.45, 7) is 2.19. The lowest BCUT2D eigenvalue weighted by molar-refractivity contribution is 0.0936. The van der Waals surface area contributed by atoms with E-state index in [2.05, 4.69) is 26.0 Å². The van der Waals surface area contributed by atoms with E-state index in [1.165, 1.54) is 0 Å². The number of hydrogen-bond donors (Lipinski definition) is 2. The molecule has 3 N–H and O–H groups in total. The van der Waals surface area contributed by atoms with Crippen molar-refractivity contribution in [3.05, 3.63) is 33.8 Å². The van der Waals surface area contributed by atoms with Gasteiger partial charge in [0.1, 0.15) is 6.61 Å². The van der Waals surface area contributed by atoms with Gasteiger partial charge in [-0.25, -0.2) is 4.79 Å². The topological polar surface area (TPSA) is 81.4 Å². The number of nitrogens with two attached hydrogens (primary N) is 1. The van der Waals surface area contributed by atoms with Gasteiger partial charge in [0.2, 0.25) is 0 Å². The number of amides is 2. The number of carbonyl (C=O) groups is 2. The molecule has 0 aromatic heterocycles. The van der Waals surface area contributed by atoms with Crippen LogP contribution in [0, 0.1) is 6.92 Å². The fourth-order valence-corrected chi connectivity index (χ4v) is 1.89. The highest BCUT2D eigenvalue weighted by molar-refractivity contribution is 9.10. The summed E-state index contributed by atoms with van der Waals surface area (Å²) in [5.74, 6) is -0.220. The van der Waals surface area contributed by atoms with E-state index in [9.17, 15) is 9.59 Å². The first-order valence-corrected chi connectivity index (χ1v) is 5.76. The van der Waals surface area contributed by atoms with Crippen LogP contribution in [0.3, 0.4) is 0 Å². The van der Waals surface area contributed by atoms with Gasteiger partial charge < -0.3 is 15.8 Å². The van der Waals surface area contributed by atoms with Crippen molar-refractivity contribution in [2.75, 3.05) is 13.2 Å². The van der Waals surface area contributed by atoms with Gasteiger partial charge in [-0.2, -0.15) is 0 Å². The van der Waals surface area contributed by atoms with E-state index in [4.69, 9.17) is 5.73 Å². The smallest absolute Gasteiger partial charge is 0.404 e. The van der Waals surface area contributed by atoms with Crippen LogP contribution in [0.4, 0.5) is 4.79 Å². The van der Waals surface area contributed by atoms with E-state index in [0.717, 1.165) is 10.0 Å². The largest absolute Gasteiger partial charge is 0.448 e. The lowest BCUT2D eigenvalue weighted by atomic mass is 10.1. The van der Waals surface area contributed by atoms with Crippen molar-refractivity contribution >= 4 is 27.9 Å². The van der Waals surface area contributed by atoms with Crippen LogP contribution < -0.4 is 11.1 Å². The number of aryl methyl sites for hydroxylation is 1. The Morgan fingerprint density at radius 2 is 2.12 bits per heavy atom. The summed E-state index contributed by atoms with van der Waals surface area (Å²) in [7, 11) is 0. The van der Waals surface area contributed by atoms with E-state index in [0.29, 0.717) is 5.56 Å². The van der Waals surface area contributed by atoms with Crippen molar-refractivity contribution in [1.82, 2.24) is 5.32 Å². The lowest BCUT2D eigenvalue weighted by Crippen LogP contribution is -2.29. The van der Waals surface area contributed by atoms with Crippen LogP contribution in [0.15, 0.2) is 22.7 Å². The van der Waals surface area contributed by atoms with Gasteiger partial charge in [0.05, 0.1) is 6.54 Å². The van der Waals surface area contributed by atoms with Crippen LogP contribution in [0.25, 0.3) is 0 Å². The van der Waals surface area contributed by atoms with E-state index in [-0.39, 0.29) is 19.1 Å². The number of halogens is 1. The maximum atomic E-state index is 11.7. The lowest BCUT2D eigenvalue weighted by Gasteiger charge is -2.06. The van der Waals surface area contributed by atoms with Crippen molar-refractivity contribution in [3.8, 4) is 0 Å². The summed E-state index contributed by atoms with van der Waals surface area (Å²) >= 11 is 3.32. The van der Waals surface area contributed by atoms with E-state index in [1.54, 1.807) is 12.1 Å². The zero-order valence-electron chi connectivity index (χ0n) is 9.33. The average molecular weight is 301 g/mol. The molecule has 0 aliphatic carbocycles. The molecule has 0 heterocycles. The number of hydrogen-bond acceptors (Lipinski definition) is 3. The Kier molecular flexibility index (Phi) is 4.96. The van der Waals surface area contributed by atoms with Crippen molar-refractivity contribution in [2.24, 2.45) is 5.73 Å². The number of ether oxygens (including phenoxy) is 1. The van der Waals surface area contributed by atoms with Crippen LogP contribution in [0.2, 0.25) is 0 Å². The first-order chi connectivity index (χ1) is 7.99. The molecular formula is C11H13BrN2O3. The summed E-state index contributed by atoms with van der Waals surface area (Å²) in [6.07, 6.45) is -0.849. The quantitative estimate of drug-likeness (QED) is 0.828. The molecule has 1 aromatic carbocycles. The predicted octanol–water partition coefficient (Wildman–Crippen LogP) is 1.58. The Morgan fingerprint density at radius 3 is 2.71 bits per heavy atom. The van der Waals surface area contributed by atoms with Crippen LogP contribution >= 0.6 is 15.9 Å². The third-order valence-corrected chi connectivity index (χ3v) is 2.39. The van der Waals surface area contributed by atoms with Crippen molar-refractivity contribution < 1.29 is 14.3 Å². The summed E-state index contributed by atoms with van der Waals surface area (Å²) in [4.78, 5) is 22.0. The van der Waals surface area contributed by atoms with Gasteiger partial charge in [-0.05, 0) is 30.7 Å². The minimum absolute atomic E-state index is 0.0636. The van der Waals surface area contributed by atoms with E-state index < -0.39 is 6.09 Å². The molecule has 17 heavy (non-hydrogen) atoms. The molecule has 0 bridgehead atoms. The van der Waals surface area contributed by atoms with Crippen LogP contribution in [0.5, 0.6) is 0 Å². The van der Waals surface area contributed by atoms with E-state index in [1.807, 2.05) is 13.0 Å². The highest BCUT2D eigenvalue weighted by Gasteiger charge is 2.06. The van der Waals surface area contributed by atoms with Gasteiger partial charge in [-0.15, -0.1) is 0 Å². The number of carbonyl (C=O) groups excluding carboxylic acids is 2. The van der Waals surface area contributed by atoms with Crippen molar-refractivity contribution in [3.63, 3.8) is 0 Å². The molecule has 0 unspecified atom stereocenters. The van der Waals surface area contributed by atoms with Gasteiger partial charge in [0.25, 0.3) is 5.91 Å². The molecule has 0 fully saturated rings. The molecule has 0 saturated carbocycles. The highest BCUT2D eigenvalue weighted by atomic mass is 79.9. The standard InChI is InChI=1S/C11H13BrN2O3/c1-7-4-8(6-9(12)5-7)10(15)14-2-3-17-11(13)16/h4-6H,2-3H2,1H3,(H2,13,16)(H,14,15).